The Balaban J connectivity index is 0.00000456. The van der Waals surface area contributed by atoms with E-state index in [4.69, 9.17) is 5.73 Å². The summed E-state index contributed by atoms with van der Waals surface area (Å²) in [6.07, 6.45) is -10.2. The zero-order valence-electron chi connectivity index (χ0n) is 18.7. The van der Waals surface area contributed by atoms with E-state index in [0.29, 0.717) is 16.1 Å². The van der Waals surface area contributed by atoms with Gasteiger partial charge in [-0.25, -0.2) is 0 Å². The molecular formula is C23H23ClF6N2O3S. The quantitative estimate of drug-likeness (QED) is 0.235. The van der Waals surface area contributed by atoms with Crippen molar-refractivity contribution >= 4 is 41.5 Å². The fraction of sp³-hybridized carbons (Fsp3) is 0.391. The van der Waals surface area contributed by atoms with Gasteiger partial charge in [-0.1, -0.05) is 18.2 Å². The fourth-order valence-electron chi connectivity index (χ4n) is 3.49. The van der Waals surface area contributed by atoms with Gasteiger partial charge in [0.25, 0.3) is 0 Å². The molecule has 1 aliphatic rings. The first-order valence-electron chi connectivity index (χ1n) is 10.6. The van der Waals surface area contributed by atoms with E-state index in [-0.39, 0.29) is 55.3 Å². The average molecular weight is 557 g/mol. The molecule has 0 bridgehead atoms. The van der Waals surface area contributed by atoms with Crippen LogP contribution in [0.1, 0.15) is 41.6 Å². The van der Waals surface area contributed by atoms with Crippen LogP contribution in [0.5, 0.6) is 5.75 Å². The molecule has 13 heteroatoms. The maximum absolute atomic E-state index is 13.0. The van der Waals surface area contributed by atoms with Crippen LogP contribution in [0.25, 0.3) is 0 Å². The number of fused-ring (bicyclic) bond motifs is 1. The lowest BCUT2D eigenvalue weighted by molar-refractivity contribution is -0.274. The van der Waals surface area contributed by atoms with Crippen LogP contribution in [0, 0.1) is 0 Å². The lowest BCUT2D eigenvalue weighted by Gasteiger charge is -2.25. The molecule has 3 rings (SSSR count). The van der Waals surface area contributed by atoms with E-state index >= 15 is 0 Å². The predicted molar refractivity (Wildman–Crippen MR) is 126 cm³/mol. The monoisotopic (exact) mass is 556 g/mol. The minimum absolute atomic E-state index is 0. The van der Waals surface area contributed by atoms with Crippen molar-refractivity contribution in [3.63, 3.8) is 0 Å². The van der Waals surface area contributed by atoms with E-state index in [9.17, 15) is 35.9 Å². The Labute approximate surface area is 213 Å². The summed E-state index contributed by atoms with van der Waals surface area (Å²) < 4.78 is 78.0. The maximum atomic E-state index is 13.0. The maximum Gasteiger partial charge on any atom is 0.573 e. The van der Waals surface area contributed by atoms with Gasteiger partial charge in [-0.3, -0.25) is 9.59 Å². The highest BCUT2D eigenvalue weighted by molar-refractivity contribution is 7.99. The van der Waals surface area contributed by atoms with E-state index in [0.717, 1.165) is 12.1 Å². The minimum atomic E-state index is -4.83. The van der Waals surface area contributed by atoms with Crippen molar-refractivity contribution in [1.29, 1.82) is 0 Å². The lowest BCUT2D eigenvalue weighted by Crippen LogP contribution is -2.44. The van der Waals surface area contributed by atoms with Gasteiger partial charge in [-0.15, -0.1) is 37.3 Å². The van der Waals surface area contributed by atoms with E-state index in [2.05, 4.69) is 4.74 Å². The van der Waals surface area contributed by atoms with Gasteiger partial charge < -0.3 is 15.4 Å². The highest BCUT2D eigenvalue weighted by Crippen LogP contribution is 2.36. The fourth-order valence-corrected chi connectivity index (χ4v) is 4.47. The summed E-state index contributed by atoms with van der Waals surface area (Å²) in [6.45, 7) is -0.0182. The lowest BCUT2D eigenvalue weighted by atomic mass is 10.0. The largest absolute Gasteiger partial charge is 0.573 e. The Morgan fingerprint density at radius 3 is 2.33 bits per heavy atom. The van der Waals surface area contributed by atoms with Crippen molar-refractivity contribution in [2.45, 2.75) is 55.7 Å². The molecule has 1 atom stereocenters. The molecule has 0 radical (unpaired) electrons. The Morgan fingerprint density at radius 2 is 1.72 bits per heavy atom. The van der Waals surface area contributed by atoms with Crippen LogP contribution in [-0.2, 0) is 11.3 Å². The number of ether oxygens (including phenoxy) is 1. The van der Waals surface area contributed by atoms with Crippen molar-refractivity contribution < 1.29 is 40.7 Å². The zero-order valence-corrected chi connectivity index (χ0v) is 20.3. The molecule has 0 spiro atoms. The zero-order chi connectivity index (χ0) is 25.8. The van der Waals surface area contributed by atoms with Crippen LogP contribution in [0.3, 0.4) is 0 Å². The van der Waals surface area contributed by atoms with Crippen LogP contribution in [0.15, 0.2) is 47.4 Å². The molecule has 36 heavy (non-hydrogen) atoms. The first-order valence-corrected chi connectivity index (χ1v) is 11.6. The highest BCUT2D eigenvalue weighted by Gasteiger charge is 2.32. The van der Waals surface area contributed by atoms with Gasteiger partial charge >= 0.3 is 12.5 Å². The van der Waals surface area contributed by atoms with Crippen LogP contribution in [0.4, 0.5) is 32.0 Å². The Kier molecular flexibility index (Phi) is 10.1. The van der Waals surface area contributed by atoms with E-state index in [1.807, 2.05) is 0 Å². The van der Waals surface area contributed by atoms with E-state index in [1.165, 1.54) is 34.9 Å². The summed E-state index contributed by atoms with van der Waals surface area (Å²) in [6, 6.07) is 8.89. The number of halogens is 7. The average Bonchev–Trinajstić information content (AvgIpc) is 2.88. The van der Waals surface area contributed by atoms with Crippen LogP contribution < -0.4 is 15.4 Å². The summed E-state index contributed by atoms with van der Waals surface area (Å²) in [5.74, 6) is -0.906. The van der Waals surface area contributed by atoms with Gasteiger partial charge in [0.1, 0.15) is 5.75 Å². The Bertz CT molecular complexity index is 1060. The molecule has 198 valence electrons. The minimum Gasteiger partial charge on any atom is -0.406 e. The standard InChI is InChI=1S/C23H22F6N2O3S.ClH/c24-22(25,26)10-2-1-3-19(32)15-6-9-20-18(11-15)31(21(33)17(30)13-35-20)12-14-4-7-16(8-5-14)34-23(27,28)29;/h4-9,11,17H,1-3,10,12-13,30H2;1H/t17-;/m0./s1. The van der Waals surface area contributed by atoms with Crippen molar-refractivity contribution in [3.05, 3.63) is 53.6 Å². The molecule has 5 nitrogen and oxygen atoms in total. The number of thioether (sulfide) groups is 1. The number of anilines is 1. The molecule has 1 aliphatic heterocycles. The molecule has 0 aliphatic carbocycles. The second-order valence-electron chi connectivity index (χ2n) is 7.96. The number of unbranched alkanes of at least 4 members (excludes halogenated alkanes) is 1. The topological polar surface area (TPSA) is 72.6 Å². The summed E-state index contributed by atoms with van der Waals surface area (Å²) in [5.41, 5.74) is 7.15. The molecule has 0 saturated heterocycles. The number of alkyl halides is 6. The number of carbonyl (C=O) groups excluding carboxylic acids is 2. The summed E-state index contributed by atoms with van der Waals surface area (Å²) in [7, 11) is 0. The van der Waals surface area contributed by atoms with Gasteiger partial charge in [0.05, 0.1) is 18.3 Å². The Morgan fingerprint density at radius 1 is 1.06 bits per heavy atom. The number of rotatable bonds is 8. The highest BCUT2D eigenvalue weighted by atomic mass is 35.5. The number of nitrogens with two attached hydrogens (primary N) is 1. The van der Waals surface area contributed by atoms with E-state index < -0.39 is 36.7 Å². The van der Waals surface area contributed by atoms with Gasteiger partial charge in [0.2, 0.25) is 5.91 Å². The first kappa shape index (κ1) is 29.8. The third-order valence-electron chi connectivity index (χ3n) is 5.19. The van der Waals surface area contributed by atoms with Crippen LogP contribution >= 0.6 is 24.2 Å². The van der Waals surface area contributed by atoms with Crippen molar-refractivity contribution in [1.82, 2.24) is 0 Å². The predicted octanol–water partition coefficient (Wildman–Crippen LogP) is 6.28. The Hall–Kier alpha value is -2.44. The number of amides is 1. The molecule has 1 amide bonds. The number of benzene rings is 2. The molecule has 0 fully saturated rings. The number of ketones is 1. The molecule has 2 aromatic rings. The van der Waals surface area contributed by atoms with Gasteiger partial charge in [-0.05, 0) is 42.7 Å². The first-order chi connectivity index (χ1) is 16.3. The van der Waals surface area contributed by atoms with Crippen molar-refractivity contribution in [2.24, 2.45) is 5.73 Å². The number of hydrogen-bond acceptors (Lipinski definition) is 5. The van der Waals surface area contributed by atoms with Gasteiger partial charge in [0, 0.05) is 29.1 Å². The molecule has 1 heterocycles. The molecule has 2 aromatic carbocycles. The third kappa shape index (κ3) is 8.59. The van der Waals surface area contributed by atoms with Crippen molar-refractivity contribution in [3.8, 4) is 5.75 Å². The van der Waals surface area contributed by atoms with Crippen LogP contribution in [0.2, 0.25) is 0 Å². The normalized spacial score (nSPS) is 16.1. The number of hydrogen-bond donors (Lipinski definition) is 1. The summed E-state index contributed by atoms with van der Waals surface area (Å²) >= 11 is 1.32. The molecule has 2 N–H and O–H groups in total. The number of Topliss-reactive ketones (excluding diaryl/α,β-unsaturated/α-hetero) is 1. The second-order valence-corrected chi connectivity index (χ2v) is 9.02. The van der Waals surface area contributed by atoms with Gasteiger partial charge in [-0.2, -0.15) is 13.2 Å². The summed E-state index contributed by atoms with van der Waals surface area (Å²) in [5, 5.41) is 0. The smallest absolute Gasteiger partial charge is 0.406 e. The summed E-state index contributed by atoms with van der Waals surface area (Å²) in [4.78, 5) is 27.6. The van der Waals surface area contributed by atoms with E-state index in [1.54, 1.807) is 12.1 Å². The molecule has 0 saturated carbocycles. The molecular weight excluding hydrogens is 534 g/mol. The second kappa shape index (κ2) is 12.2. The van der Waals surface area contributed by atoms with Crippen molar-refractivity contribution in [2.75, 3.05) is 10.7 Å². The number of nitrogens with zero attached hydrogens (tertiary/aromatic N) is 1. The van der Waals surface area contributed by atoms with Crippen LogP contribution in [-0.4, -0.2) is 36.0 Å². The SMILES string of the molecule is Cl.N[C@H]1CSc2ccc(C(=O)CCCCC(F)(F)F)cc2N(Cc2ccc(OC(F)(F)F)cc2)C1=O. The van der Waals surface area contributed by atoms with Gasteiger partial charge in [0.15, 0.2) is 5.78 Å². The number of carbonyl (C=O) groups is 2. The molecule has 0 aromatic heterocycles. The third-order valence-corrected chi connectivity index (χ3v) is 6.37. The molecule has 0 unspecified atom stereocenters.